The number of anilines is 1. The summed E-state index contributed by atoms with van der Waals surface area (Å²) in [6.07, 6.45) is 0.983. The van der Waals surface area contributed by atoms with E-state index in [1.807, 2.05) is 6.92 Å². The zero-order chi connectivity index (χ0) is 19.9. The Balaban J connectivity index is 1.53. The number of nitrogens with two attached hydrogens (primary N) is 1. The molecule has 1 amide bonds. The predicted molar refractivity (Wildman–Crippen MR) is 105 cm³/mol. The van der Waals surface area contributed by atoms with E-state index in [1.165, 1.54) is 41.0 Å². The topological polar surface area (TPSA) is 93.8 Å². The van der Waals surface area contributed by atoms with Gasteiger partial charge in [-0.15, -0.1) is 21.5 Å². The summed E-state index contributed by atoms with van der Waals surface area (Å²) in [7, 11) is 0. The molecular formula is C18H17F2N5OS2. The molecule has 3 heterocycles. The molecule has 28 heavy (non-hydrogen) atoms. The van der Waals surface area contributed by atoms with Gasteiger partial charge in [0.15, 0.2) is 5.01 Å². The van der Waals surface area contributed by atoms with Gasteiger partial charge in [0.25, 0.3) is 5.91 Å². The van der Waals surface area contributed by atoms with Crippen molar-refractivity contribution in [3.8, 4) is 9.88 Å². The van der Waals surface area contributed by atoms with Gasteiger partial charge in [0.1, 0.15) is 12.0 Å². The highest BCUT2D eigenvalue weighted by Gasteiger charge is 2.48. The van der Waals surface area contributed by atoms with Crippen LogP contribution in [-0.4, -0.2) is 33.8 Å². The summed E-state index contributed by atoms with van der Waals surface area (Å²) >= 11 is 2.59. The third kappa shape index (κ3) is 3.37. The van der Waals surface area contributed by atoms with Gasteiger partial charge in [-0.1, -0.05) is 11.3 Å². The normalized spacial score (nSPS) is 21.3. The zero-order valence-corrected chi connectivity index (χ0v) is 16.5. The molecule has 6 nitrogen and oxygen atoms in total. The minimum Gasteiger partial charge on any atom is -0.365 e. The number of halogens is 2. The van der Waals surface area contributed by atoms with Gasteiger partial charge in [-0.05, 0) is 43.5 Å². The number of hydrogen-bond acceptors (Lipinski definition) is 7. The van der Waals surface area contributed by atoms with Gasteiger partial charge >= 0.3 is 0 Å². The summed E-state index contributed by atoms with van der Waals surface area (Å²) in [4.78, 5) is 16.8. The number of aryl methyl sites for hydroxylation is 1. The van der Waals surface area contributed by atoms with Crippen LogP contribution in [0, 0.1) is 12.7 Å². The van der Waals surface area contributed by atoms with Gasteiger partial charge in [-0.2, -0.15) is 0 Å². The molecule has 146 valence electrons. The Kier molecular flexibility index (Phi) is 4.84. The smallest absolute Gasteiger partial charge is 0.258 e. The van der Waals surface area contributed by atoms with Gasteiger partial charge in [0, 0.05) is 18.2 Å². The molecule has 3 aromatic heterocycles. The first-order valence-electron chi connectivity index (χ1n) is 8.61. The summed E-state index contributed by atoms with van der Waals surface area (Å²) in [6, 6.07) is 4.59. The average Bonchev–Trinajstić information content (AvgIpc) is 3.24. The Morgan fingerprint density at radius 2 is 2.18 bits per heavy atom. The first kappa shape index (κ1) is 18.9. The van der Waals surface area contributed by atoms with Crippen LogP contribution in [0.3, 0.4) is 0 Å². The number of carbonyl (C=O) groups is 1. The van der Waals surface area contributed by atoms with E-state index in [0.29, 0.717) is 21.6 Å². The van der Waals surface area contributed by atoms with Crippen molar-refractivity contribution in [1.29, 1.82) is 0 Å². The Hall–Kier alpha value is -2.46. The molecule has 0 aliphatic heterocycles. The maximum absolute atomic E-state index is 14.2. The highest BCUT2D eigenvalue weighted by molar-refractivity contribution is 7.24. The Labute approximate surface area is 167 Å². The molecule has 3 N–H and O–H groups in total. The highest BCUT2D eigenvalue weighted by atomic mass is 32.1. The average molecular weight is 421 g/mol. The molecule has 0 unspecified atom stereocenters. The standard InChI is InChI=1S/C18H17F2N5OS2/c1-9-5-12(15(21)26)27-13(9)16-24-25-17(28-16)23-8-18(6-10(19)7-18)14-11(20)3-2-4-22-14/h2-5,10H,6-8H2,1H3,(H2,21,26)(H,23,25)/t10-,18-. The summed E-state index contributed by atoms with van der Waals surface area (Å²) in [6.45, 7) is 2.19. The number of thiophene rings is 1. The van der Waals surface area contributed by atoms with E-state index in [4.69, 9.17) is 5.73 Å². The quantitative estimate of drug-likeness (QED) is 0.633. The molecule has 0 radical (unpaired) electrons. The van der Waals surface area contributed by atoms with Gasteiger partial charge < -0.3 is 11.1 Å². The molecule has 4 rings (SSSR count). The minimum absolute atomic E-state index is 0.214. The molecule has 0 saturated heterocycles. The second-order valence-electron chi connectivity index (χ2n) is 6.87. The fourth-order valence-corrected chi connectivity index (χ4v) is 5.33. The van der Waals surface area contributed by atoms with Crippen molar-refractivity contribution >= 4 is 33.7 Å². The van der Waals surface area contributed by atoms with Gasteiger partial charge in [-0.25, -0.2) is 8.78 Å². The molecule has 1 saturated carbocycles. The third-order valence-corrected chi connectivity index (χ3v) is 7.13. The molecule has 10 heteroatoms. The van der Waals surface area contributed by atoms with Gasteiger partial charge in [-0.3, -0.25) is 9.78 Å². The fraction of sp³-hybridized carbons (Fsp3) is 0.333. The number of pyridine rings is 1. The number of hydrogen-bond donors (Lipinski definition) is 2. The molecule has 0 aromatic carbocycles. The SMILES string of the molecule is Cc1cc(C(N)=O)sc1-c1nnc(NC[C@]2(c3ncccc3F)C[C@H](F)C2)s1. The number of rotatable bonds is 6. The van der Waals surface area contributed by atoms with Gasteiger partial charge in [0.05, 0.1) is 15.4 Å². The van der Waals surface area contributed by atoms with E-state index >= 15 is 0 Å². The fourth-order valence-electron chi connectivity index (χ4n) is 3.43. The van der Waals surface area contributed by atoms with Crippen LogP contribution in [0.5, 0.6) is 0 Å². The van der Waals surface area contributed by atoms with Gasteiger partial charge in [0.2, 0.25) is 5.13 Å². The lowest BCUT2D eigenvalue weighted by Crippen LogP contribution is -2.48. The van der Waals surface area contributed by atoms with E-state index < -0.39 is 23.3 Å². The monoisotopic (exact) mass is 421 g/mol. The van der Waals surface area contributed by atoms with Crippen molar-refractivity contribution in [2.24, 2.45) is 5.73 Å². The molecule has 1 fully saturated rings. The van der Waals surface area contributed by atoms with E-state index in [2.05, 4.69) is 20.5 Å². The largest absolute Gasteiger partial charge is 0.365 e. The van der Waals surface area contributed by atoms with E-state index in [1.54, 1.807) is 6.07 Å². The number of alkyl halides is 1. The van der Waals surface area contributed by atoms with Crippen LogP contribution in [0.1, 0.15) is 33.8 Å². The Morgan fingerprint density at radius 1 is 1.39 bits per heavy atom. The zero-order valence-electron chi connectivity index (χ0n) is 14.9. The lowest BCUT2D eigenvalue weighted by Gasteiger charge is -2.43. The van der Waals surface area contributed by atoms with Crippen molar-refractivity contribution in [3.05, 3.63) is 46.3 Å². The van der Waals surface area contributed by atoms with Crippen LogP contribution in [0.2, 0.25) is 0 Å². The summed E-state index contributed by atoms with van der Waals surface area (Å²) in [5.74, 6) is -0.908. The third-order valence-electron chi connectivity index (χ3n) is 4.84. The van der Waals surface area contributed by atoms with E-state index in [0.717, 1.165) is 10.4 Å². The number of amides is 1. The molecular weight excluding hydrogens is 404 g/mol. The van der Waals surface area contributed by atoms with Crippen molar-refractivity contribution in [1.82, 2.24) is 15.2 Å². The second-order valence-corrected chi connectivity index (χ2v) is 8.90. The molecule has 0 bridgehead atoms. The summed E-state index contributed by atoms with van der Waals surface area (Å²) < 4.78 is 27.9. The lowest BCUT2D eigenvalue weighted by molar-refractivity contribution is 0.0964. The van der Waals surface area contributed by atoms with Crippen LogP contribution >= 0.6 is 22.7 Å². The molecule has 3 aromatic rings. The lowest BCUT2D eigenvalue weighted by atomic mass is 9.65. The van der Waals surface area contributed by atoms with Crippen LogP contribution in [0.15, 0.2) is 24.4 Å². The van der Waals surface area contributed by atoms with E-state index in [-0.39, 0.29) is 18.5 Å². The number of carbonyl (C=O) groups excluding carboxylic acids is 1. The van der Waals surface area contributed by atoms with Crippen LogP contribution in [0.4, 0.5) is 13.9 Å². The van der Waals surface area contributed by atoms with Crippen molar-refractivity contribution < 1.29 is 13.6 Å². The molecule has 1 aliphatic rings. The number of nitrogens with zero attached hydrogens (tertiary/aromatic N) is 3. The van der Waals surface area contributed by atoms with Crippen LogP contribution in [-0.2, 0) is 5.41 Å². The molecule has 0 atom stereocenters. The number of aromatic nitrogens is 3. The first-order chi connectivity index (χ1) is 13.4. The number of nitrogens with one attached hydrogen (secondary N) is 1. The van der Waals surface area contributed by atoms with E-state index in [9.17, 15) is 13.6 Å². The number of primary amides is 1. The summed E-state index contributed by atoms with van der Waals surface area (Å²) in [5, 5.41) is 12.7. The van der Waals surface area contributed by atoms with Crippen molar-refractivity contribution in [3.63, 3.8) is 0 Å². The van der Waals surface area contributed by atoms with Crippen molar-refractivity contribution in [2.75, 3.05) is 11.9 Å². The Morgan fingerprint density at radius 3 is 2.82 bits per heavy atom. The predicted octanol–water partition coefficient (Wildman–Crippen LogP) is 3.69. The Bertz CT molecular complexity index is 1030. The summed E-state index contributed by atoms with van der Waals surface area (Å²) in [5.41, 5.74) is 5.81. The first-order valence-corrected chi connectivity index (χ1v) is 10.2. The maximum atomic E-state index is 14.2. The van der Waals surface area contributed by atoms with Crippen molar-refractivity contribution in [2.45, 2.75) is 31.4 Å². The second kappa shape index (κ2) is 7.17. The highest BCUT2D eigenvalue weighted by Crippen LogP contribution is 2.46. The van der Waals surface area contributed by atoms with Crippen LogP contribution in [0.25, 0.3) is 9.88 Å². The maximum Gasteiger partial charge on any atom is 0.258 e. The molecule has 1 aliphatic carbocycles. The van der Waals surface area contributed by atoms with Crippen LogP contribution < -0.4 is 11.1 Å². The molecule has 0 spiro atoms. The minimum atomic E-state index is -0.964.